The summed E-state index contributed by atoms with van der Waals surface area (Å²) in [6.07, 6.45) is 5.67. The van der Waals surface area contributed by atoms with Crippen molar-refractivity contribution in [1.29, 1.82) is 0 Å². The number of hydrogen-bond acceptors (Lipinski definition) is 7. The van der Waals surface area contributed by atoms with Crippen molar-refractivity contribution >= 4 is 28.7 Å². The molecule has 0 bridgehead atoms. The summed E-state index contributed by atoms with van der Waals surface area (Å²) in [5.74, 6) is 1.01. The van der Waals surface area contributed by atoms with Gasteiger partial charge in [0.05, 0.1) is 11.6 Å². The smallest absolute Gasteiger partial charge is 0.263 e. The van der Waals surface area contributed by atoms with Crippen molar-refractivity contribution in [3.63, 3.8) is 0 Å². The number of fused-ring (bicyclic) bond motifs is 1. The molecule has 28 heavy (non-hydrogen) atoms. The summed E-state index contributed by atoms with van der Waals surface area (Å²) in [5, 5.41) is 7.84. The average Bonchev–Trinajstić information content (AvgIpc) is 3.30. The largest absolute Gasteiger partial charge is 0.356 e. The fourth-order valence-electron chi connectivity index (χ4n) is 4.09. The van der Waals surface area contributed by atoms with Crippen LogP contribution in [0.5, 0.6) is 0 Å². The summed E-state index contributed by atoms with van der Waals surface area (Å²) in [5.41, 5.74) is 1.24. The van der Waals surface area contributed by atoms with Gasteiger partial charge in [0.2, 0.25) is 11.8 Å². The third-order valence-electron chi connectivity index (χ3n) is 5.59. The Morgan fingerprint density at radius 1 is 1.32 bits per heavy atom. The number of rotatable bonds is 6. The van der Waals surface area contributed by atoms with Gasteiger partial charge in [-0.15, -0.1) is 0 Å². The van der Waals surface area contributed by atoms with Gasteiger partial charge in [-0.3, -0.25) is 9.59 Å². The van der Waals surface area contributed by atoms with Gasteiger partial charge >= 0.3 is 0 Å². The zero-order valence-corrected chi connectivity index (χ0v) is 16.2. The number of amides is 2. The van der Waals surface area contributed by atoms with Crippen molar-refractivity contribution in [2.45, 2.75) is 39.0 Å². The van der Waals surface area contributed by atoms with E-state index < -0.39 is 0 Å². The van der Waals surface area contributed by atoms with Gasteiger partial charge in [0.15, 0.2) is 0 Å². The van der Waals surface area contributed by atoms with Crippen LogP contribution >= 0.6 is 0 Å². The maximum absolute atomic E-state index is 12.6. The topological polar surface area (TPSA) is 104 Å². The molecular weight excluding hydrogens is 360 g/mol. The van der Waals surface area contributed by atoms with Crippen molar-refractivity contribution in [2.75, 3.05) is 37.6 Å². The molecule has 2 aromatic heterocycles. The van der Waals surface area contributed by atoms with Gasteiger partial charge in [-0.05, 0) is 32.6 Å². The summed E-state index contributed by atoms with van der Waals surface area (Å²) in [6.45, 7) is 5.51. The lowest BCUT2D eigenvalue weighted by Gasteiger charge is -2.33. The quantitative estimate of drug-likeness (QED) is 0.746. The van der Waals surface area contributed by atoms with E-state index in [9.17, 15) is 9.59 Å². The Balaban J connectivity index is 1.32. The highest BCUT2D eigenvalue weighted by Gasteiger charge is 2.28. The van der Waals surface area contributed by atoms with Crippen LogP contribution in [0.2, 0.25) is 0 Å². The van der Waals surface area contributed by atoms with E-state index >= 15 is 0 Å². The molecule has 0 aromatic carbocycles. The first-order valence-electron chi connectivity index (χ1n) is 10.0. The second-order valence-electron chi connectivity index (χ2n) is 7.56. The van der Waals surface area contributed by atoms with E-state index in [-0.39, 0.29) is 17.7 Å². The monoisotopic (exact) mass is 386 g/mol. The second kappa shape index (κ2) is 8.12. The number of nitrogens with one attached hydrogen (secondary N) is 1. The van der Waals surface area contributed by atoms with Crippen LogP contribution in [-0.4, -0.2) is 64.6 Å². The van der Waals surface area contributed by atoms with Crippen molar-refractivity contribution in [2.24, 2.45) is 5.92 Å². The summed E-state index contributed by atoms with van der Waals surface area (Å²) >= 11 is 0. The molecule has 4 heterocycles. The molecule has 2 aromatic rings. The minimum Gasteiger partial charge on any atom is -0.356 e. The molecule has 150 valence electrons. The SMILES string of the molecule is Cc1noc2ncnc(N3CCC[C@@H](C(=O)NCCCN4CCCC4=O)C3)c12. The summed E-state index contributed by atoms with van der Waals surface area (Å²) < 4.78 is 5.23. The van der Waals surface area contributed by atoms with Crippen molar-refractivity contribution in [1.82, 2.24) is 25.3 Å². The zero-order chi connectivity index (χ0) is 19.5. The Hall–Kier alpha value is -2.71. The minimum absolute atomic E-state index is 0.0739. The Morgan fingerprint density at radius 2 is 2.21 bits per heavy atom. The van der Waals surface area contributed by atoms with Crippen LogP contribution in [0.15, 0.2) is 10.9 Å². The highest BCUT2D eigenvalue weighted by molar-refractivity contribution is 5.88. The molecule has 0 spiro atoms. The van der Waals surface area contributed by atoms with Crippen LogP contribution in [0.4, 0.5) is 5.82 Å². The molecule has 0 saturated carbocycles. The van der Waals surface area contributed by atoms with E-state index in [2.05, 4.69) is 25.3 Å². The number of carbonyl (C=O) groups is 2. The predicted molar refractivity (Wildman–Crippen MR) is 103 cm³/mol. The first kappa shape index (κ1) is 18.6. The van der Waals surface area contributed by atoms with Crippen LogP contribution in [0.25, 0.3) is 11.1 Å². The van der Waals surface area contributed by atoms with E-state index in [1.165, 1.54) is 6.33 Å². The number of likely N-dealkylation sites (tertiary alicyclic amines) is 1. The molecule has 2 amide bonds. The maximum Gasteiger partial charge on any atom is 0.263 e. The number of anilines is 1. The minimum atomic E-state index is -0.0765. The Morgan fingerprint density at radius 3 is 3.04 bits per heavy atom. The van der Waals surface area contributed by atoms with Gasteiger partial charge in [-0.25, -0.2) is 4.98 Å². The zero-order valence-electron chi connectivity index (χ0n) is 16.2. The van der Waals surface area contributed by atoms with E-state index in [0.29, 0.717) is 25.2 Å². The molecule has 0 unspecified atom stereocenters. The molecule has 2 aliphatic rings. The normalized spacial score (nSPS) is 20.2. The summed E-state index contributed by atoms with van der Waals surface area (Å²) in [4.78, 5) is 36.8. The lowest BCUT2D eigenvalue weighted by molar-refractivity contribution is -0.127. The van der Waals surface area contributed by atoms with Gasteiger partial charge in [0, 0.05) is 39.1 Å². The van der Waals surface area contributed by atoms with E-state index in [0.717, 1.165) is 62.2 Å². The number of aromatic nitrogens is 3. The standard InChI is InChI=1S/C19H26N6O3/c1-13-16-17(21-12-22-19(16)28-23-13)25-9-2-5-14(11-25)18(27)20-7-4-10-24-8-3-6-15(24)26/h12,14H,2-11H2,1H3,(H,20,27)/t14-/m1/s1. The highest BCUT2D eigenvalue weighted by Crippen LogP contribution is 2.29. The third-order valence-corrected chi connectivity index (χ3v) is 5.59. The first-order chi connectivity index (χ1) is 13.6. The van der Waals surface area contributed by atoms with E-state index in [1.54, 1.807) is 0 Å². The number of piperidine rings is 1. The molecule has 9 nitrogen and oxygen atoms in total. The maximum atomic E-state index is 12.6. The average molecular weight is 386 g/mol. The van der Waals surface area contributed by atoms with Gasteiger partial charge in [-0.2, -0.15) is 4.98 Å². The lowest BCUT2D eigenvalue weighted by Crippen LogP contribution is -2.44. The molecule has 0 aliphatic carbocycles. The highest BCUT2D eigenvalue weighted by atomic mass is 16.5. The molecule has 2 aliphatic heterocycles. The molecule has 9 heteroatoms. The molecule has 2 fully saturated rings. The molecule has 2 saturated heterocycles. The van der Waals surface area contributed by atoms with Crippen LogP contribution in [0, 0.1) is 12.8 Å². The van der Waals surface area contributed by atoms with Crippen LogP contribution in [0.1, 0.15) is 37.8 Å². The van der Waals surface area contributed by atoms with Gasteiger partial charge < -0.3 is 19.6 Å². The fourth-order valence-corrected chi connectivity index (χ4v) is 4.09. The first-order valence-corrected chi connectivity index (χ1v) is 10.0. The molecule has 0 radical (unpaired) electrons. The second-order valence-corrected chi connectivity index (χ2v) is 7.56. The Bertz CT molecular complexity index is 866. The summed E-state index contributed by atoms with van der Waals surface area (Å²) in [7, 11) is 0. The van der Waals surface area contributed by atoms with Crippen LogP contribution < -0.4 is 10.2 Å². The number of nitrogens with zero attached hydrogens (tertiary/aromatic N) is 5. The van der Waals surface area contributed by atoms with E-state index in [1.807, 2.05) is 11.8 Å². The van der Waals surface area contributed by atoms with Gasteiger partial charge in [0.1, 0.15) is 17.5 Å². The van der Waals surface area contributed by atoms with E-state index in [4.69, 9.17) is 4.52 Å². The number of carbonyl (C=O) groups excluding carboxylic acids is 2. The molecule has 4 rings (SSSR count). The molecule has 1 atom stereocenters. The predicted octanol–water partition coefficient (Wildman–Crippen LogP) is 1.27. The third kappa shape index (κ3) is 3.79. The fraction of sp³-hybridized carbons (Fsp3) is 0.632. The van der Waals surface area contributed by atoms with Crippen molar-refractivity contribution in [3.8, 4) is 0 Å². The van der Waals surface area contributed by atoms with Crippen LogP contribution in [-0.2, 0) is 9.59 Å². The van der Waals surface area contributed by atoms with Gasteiger partial charge in [0.25, 0.3) is 5.71 Å². The summed E-state index contributed by atoms with van der Waals surface area (Å²) in [6, 6.07) is 0. The Labute approximate surface area is 163 Å². The molecular formula is C19H26N6O3. The van der Waals surface area contributed by atoms with Crippen molar-refractivity contribution < 1.29 is 14.1 Å². The van der Waals surface area contributed by atoms with Gasteiger partial charge in [-0.1, -0.05) is 5.16 Å². The number of aryl methyl sites for hydroxylation is 1. The van der Waals surface area contributed by atoms with Crippen LogP contribution in [0.3, 0.4) is 0 Å². The Kier molecular flexibility index (Phi) is 5.40. The number of hydrogen-bond donors (Lipinski definition) is 1. The molecule has 1 N–H and O–H groups in total. The van der Waals surface area contributed by atoms with Crippen molar-refractivity contribution in [3.05, 3.63) is 12.0 Å². The lowest BCUT2D eigenvalue weighted by atomic mass is 9.97.